The molecule has 0 bridgehead atoms. The normalized spacial score (nSPS) is 10.8. The Labute approximate surface area is 118 Å². The molecular formula is C15H19NS2. The highest BCUT2D eigenvalue weighted by Crippen LogP contribution is 2.21. The molecule has 0 aliphatic carbocycles. The van der Waals surface area contributed by atoms with Crippen LogP contribution in [0.3, 0.4) is 0 Å². The third-order valence-electron chi connectivity index (χ3n) is 2.73. The van der Waals surface area contributed by atoms with Crippen LogP contribution in [-0.4, -0.2) is 12.3 Å². The van der Waals surface area contributed by atoms with Crippen molar-refractivity contribution in [2.24, 2.45) is 0 Å². The van der Waals surface area contributed by atoms with E-state index in [1.165, 1.54) is 20.2 Å². The molecule has 0 unspecified atom stereocenters. The Kier molecular flexibility index (Phi) is 5.29. The Morgan fingerprint density at radius 2 is 1.94 bits per heavy atom. The SMILES string of the molecule is Cc1ccc(CNCCSc2ccccc2C)s1. The van der Waals surface area contributed by atoms with Crippen molar-refractivity contribution in [2.75, 3.05) is 12.3 Å². The first-order chi connectivity index (χ1) is 8.75. The lowest BCUT2D eigenvalue weighted by atomic mass is 10.2. The van der Waals surface area contributed by atoms with Crippen molar-refractivity contribution in [1.29, 1.82) is 0 Å². The van der Waals surface area contributed by atoms with Crippen LogP contribution in [0.4, 0.5) is 0 Å². The van der Waals surface area contributed by atoms with Gasteiger partial charge in [-0.2, -0.15) is 0 Å². The van der Waals surface area contributed by atoms with Crippen LogP contribution in [0.5, 0.6) is 0 Å². The Morgan fingerprint density at radius 3 is 2.67 bits per heavy atom. The summed E-state index contributed by atoms with van der Waals surface area (Å²) in [6.07, 6.45) is 0. The van der Waals surface area contributed by atoms with Gasteiger partial charge in [-0.3, -0.25) is 0 Å². The van der Waals surface area contributed by atoms with Crippen LogP contribution in [-0.2, 0) is 6.54 Å². The van der Waals surface area contributed by atoms with Crippen molar-refractivity contribution < 1.29 is 0 Å². The molecule has 0 saturated carbocycles. The molecule has 1 nitrogen and oxygen atoms in total. The molecule has 0 aliphatic heterocycles. The number of thioether (sulfide) groups is 1. The Bertz CT molecular complexity index is 491. The summed E-state index contributed by atoms with van der Waals surface area (Å²) >= 11 is 3.80. The summed E-state index contributed by atoms with van der Waals surface area (Å²) < 4.78 is 0. The molecule has 0 fully saturated rings. The largest absolute Gasteiger partial charge is 0.311 e. The summed E-state index contributed by atoms with van der Waals surface area (Å²) in [6, 6.07) is 13.0. The molecule has 0 spiro atoms. The van der Waals surface area contributed by atoms with Crippen molar-refractivity contribution in [2.45, 2.75) is 25.3 Å². The van der Waals surface area contributed by atoms with Gasteiger partial charge in [0.15, 0.2) is 0 Å². The quantitative estimate of drug-likeness (QED) is 0.626. The molecule has 1 heterocycles. The number of rotatable bonds is 6. The van der Waals surface area contributed by atoms with Gasteiger partial charge in [-0.15, -0.1) is 23.1 Å². The van der Waals surface area contributed by atoms with Crippen molar-refractivity contribution in [3.8, 4) is 0 Å². The number of benzene rings is 1. The van der Waals surface area contributed by atoms with Crippen LogP contribution in [0.15, 0.2) is 41.3 Å². The van der Waals surface area contributed by atoms with E-state index in [1.54, 1.807) is 0 Å². The minimum atomic E-state index is 0.993. The second-order valence-electron chi connectivity index (χ2n) is 4.30. The zero-order chi connectivity index (χ0) is 12.8. The second kappa shape index (κ2) is 6.98. The number of nitrogens with one attached hydrogen (secondary N) is 1. The molecule has 1 aromatic carbocycles. The third-order valence-corrected chi connectivity index (χ3v) is 4.90. The minimum Gasteiger partial charge on any atom is -0.311 e. The molecule has 1 aromatic heterocycles. The first-order valence-corrected chi connectivity index (χ1v) is 8.00. The highest BCUT2D eigenvalue weighted by atomic mass is 32.2. The van der Waals surface area contributed by atoms with E-state index in [9.17, 15) is 0 Å². The zero-order valence-corrected chi connectivity index (χ0v) is 12.5. The van der Waals surface area contributed by atoms with Gasteiger partial charge in [0, 0.05) is 33.5 Å². The fraction of sp³-hybridized carbons (Fsp3) is 0.333. The third kappa shape index (κ3) is 4.16. The first kappa shape index (κ1) is 13.7. The molecule has 0 saturated heterocycles. The summed E-state index contributed by atoms with van der Waals surface area (Å²) in [6.45, 7) is 6.37. The Morgan fingerprint density at radius 1 is 1.11 bits per heavy atom. The van der Waals surface area contributed by atoms with E-state index < -0.39 is 0 Å². The monoisotopic (exact) mass is 277 g/mol. The molecule has 96 valence electrons. The van der Waals surface area contributed by atoms with Gasteiger partial charge in [-0.25, -0.2) is 0 Å². The molecule has 2 rings (SSSR count). The first-order valence-electron chi connectivity index (χ1n) is 6.20. The molecule has 0 amide bonds. The summed E-state index contributed by atoms with van der Waals surface area (Å²) in [5.41, 5.74) is 1.37. The Balaban J connectivity index is 1.66. The topological polar surface area (TPSA) is 12.0 Å². The van der Waals surface area contributed by atoms with Crippen molar-refractivity contribution >= 4 is 23.1 Å². The maximum Gasteiger partial charge on any atom is 0.0300 e. The van der Waals surface area contributed by atoms with Crippen molar-refractivity contribution in [3.05, 3.63) is 51.7 Å². The summed E-state index contributed by atoms with van der Waals surface area (Å²) in [4.78, 5) is 4.21. The van der Waals surface area contributed by atoms with Gasteiger partial charge in [0.2, 0.25) is 0 Å². The van der Waals surface area contributed by atoms with Crippen molar-refractivity contribution in [3.63, 3.8) is 0 Å². The molecule has 3 heteroatoms. The van der Waals surface area contributed by atoms with Gasteiger partial charge in [0.1, 0.15) is 0 Å². The Hall–Kier alpha value is -0.770. The van der Waals surface area contributed by atoms with Gasteiger partial charge in [-0.05, 0) is 37.6 Å². The fourth-order valence-electron chi connectivity index (χ4n) is 1.74. The lowest BCUT2D eigenvalue weighted by molar-refractivity contribution is 0.741. The molecule has 18 heavy (non-hydrogen) atoms. The average Bonchev–Trinajstić information content (AvgIpc) is 2.77. The number of hydrogen-bond donors (Lipinski definition) is 1. The van der Waals surface area contributed by atoms with E-state index in [0.29, 0.717) is 0 Å². The van der Waals surface area contributed by atoms with E-state index in [1.807, 2.05) is 23.1 Å². The van der Waals surface area contributed by atoms with E-state index >= 15 is 0 Å². The lowest BCUT2D eigenvalue weighted by Crippen LogP contribution is -2.15. The van der Waals surface area contributed by atoms with Crippen LogP contribution in [0.2, 0.25) is 0 Å². The van der Waals surface area contributed by atoms with Crippen LogP contribution in [0.25, 0.3) is 0 Å². The van der Waals surface area contributed by atoms with E-state index in [-0.39, 0.29) is 0 Å². The highest BCUT2D eigenvalue weighted by Gasteiger charge is 1.98. The smallest absolute Gasteiger partial charge is 0.0300 e. The minimum absolute atomic E-state index is 0.993. The van der Waals surface area contributed by atoms with E-state index in [0.717, 1.165) is 18.8 Å². The standard InChI is InChI=1S/C15H19NS2/c1-12-5-3-4-6-15(12)17-10-9-16-11-14-8-7-13(2)18-14/h3-8,16H,9-11H2,1-2H3. The van der Waals surface area contributed by atoms with Gasteiger partial charge >= 0.3 is 0 Å². The zero-order valence-electron chi connectivity index (χ0n) is 10.9. The predicted octanol–water partition coefficient (Wildman–Crippen LogP) is 4.25. The van der Waals surface area contributed by atoms with Crippen LogP contribution < -0.4 is 5.32 Å². The molecule has 2 aromatic rings. The molecule has 0 aliphatic rings. The number of aryl methyl sites for hydroxylation is 2. The van der Waals surface area contributed by atoms with Crippen LogP contribution >= 0.6 is 23.1 Å². The summed E-state index contributed by atoms with van der Waals surface area (Å²) in [5, 5.41) is 3.49. The summed E-state index contributed by atoms with van der Waals surface area (Å²) in [7, 11) is 0. The second-order valence-corrected chi connectivity index (χ2v) is 6.81. The van der Waals surface area contributed by atoms with Crippen LogP contribution in [0, 0.1) is 13.8 Å². The predicted molar refractivity (Wildman–Crippen MR) is 82.7 cm³/mol. The van der Waals surface area contributed by atoms with E-state index in [2.05, 4.69) is 55.6 Å². The number of thiophene rings is 1. The molecule has 0 atom stereocenters. The van der Waals surface area contributed by atoms with E-state index in [4.69, 9.17) is 0 Å². The van der Waals surface area contributed by atoms with Gasteiger partial charge in [0.25, 0.3) is 0 Å². The molecular weight excluding hydrogens is 258 g/mol. The maximum atomic E-state index is 3.49. The van der Waals surface area contributed by atoms with Gasteiger partial charge < -0.3 is 5.32 Å². The van der Waals surface area contributed by atoms with Crippen molar-refractivity contribution in [1.82, 2.24) is 5.32 Å². The molecule has 1 N–H and O–H groups in total. The summed E-state index contributed by atoms with van der Waals surface area (Å²) in [5.74, 6) is 1.12. The average molecular weight is 277 g/mol. The molecule has 0 radical (unpaired) electrons. The number of hydrogen-bond acceptors (Lipinski definition) is 3. The van der Waals surface area contributed by atoms with Crippen LogP contribution in [0.1, 0.15) is 15.3 Å². The highest BCUT2D eigenvalue weighted by molar-refractivity contribution is 7.99. The van der Waals surface area contributed by atoms with Gasteiger partial charge in [0.05, 0.1) is 0 Å². The maximum absolute atomic E-state index is 3.49. The lowest BCUT2D eigenvalue weighted by Gasteiger charge is -2.05. The fourth-order valence-corrected chi connectivity index (χ4v) is 3.54. The van der Waals surface area contributed by atoms with Gasteiger partial charge in [-0.1, -0.05) is 18.2 Å².